The second kappa shape index (κ2) is 8.40. The molecule has 1 aliphatic rings. The van der Waals surface area contributed by atoms with Crippen LogP contribution in [0.15, 0.2) is 54.9 Å². The highest BCUT2D eigenvalue weighted by Crippen LogP contribution is 2.41. The van der Waals surface area contributed by atoms with Crippen LogP contribution in [0, 0.1) is 0 Å². The fourth-order valence-electron chi connectivity index (χ4n) is 3.48. The molecule has 2 amide bonds. The predicted octanol–water partition coefficient (Wildman–Crippen LogP) is 6.66. The lowest BCUT2D eigenvalue weighted by atomic mass is 9.99. The van der Waals surface area contributed by atoms with Crippen LogP contribution in [0.2, 0.25) is 10.0 Å². The molecule has 4 nitrogen and oxygen atoms in total. The van der Waals surface area contributed by atoms with E-state index in [4.69, 9.17) is 23.2 Å². The molecule has 0 aliphatic carbocycles. The number of hydrogen-bond acceptors (Lipinski definition) is 2. The summed E-state index contributed by atoms with van der Waals surface area (Å²) >= 11 is 12.3. The van der Waals surface area contributed by atoms with Gasteiger partial charge in [0.25, 0.3) is 0 Å². The Morgan fingerprint density at radius 3 is 2.48 bits per heavy atom. The summed E-state index contributed by atoms with van der Waals surface area (Å²) in [6.07, 6.45) is -0.456. The molecule has 0 saturated carbocycles. The van der Waals surface area contributed by atoms with Crippen molar-refractivity contribution in [3.8, 4) is 11.1 Å². The molecular weight excluding hydrogens is 450 g/mol. The molecule has 2 heterocycles. The molecule has 160 valence electrons. The molecule has 0 radical (unpaired) electrons. The monoisotopic (exact) mass is 465 g/mol. The Hall–Kier alpha value is -2.77. The summed E-state index contributed by atoms with van der Waals surface area (Å²) in [7, 11) is 0. The Morgan fingerprint density at radius 1 is 1.10 bits per heavy atom. The first-order chi connectivity index (χ1) is 14.7. The third-order valence-corrected chi connectivity index (χ3v) is 5.64. The van der Waals surface area contributed by atoms with Crippen LogP contribution >= 0.6 is 23.2 Å². The van der Waals surface area contributed by atoms with Crippen molar-refractivity contribution in [2.75, 3.05) is 11.9 Å². The van der Waals surface area contributed by atoms with Crippen LogP contribution in [0.25, 0.3) is 11.1 Å². The number of carbonyl (C=O) groups is 1. The third kappa shape index (κ3) is 4.62. The standard InChI is InChI=1S/C22H16Cl2F3N3O/c23-17-9-16(22(25,26)27)10-18(24)20(17)14-3-4-19-15(8-14)12-30(21(31)29-19)7-5-13-2-1-6-28-11-13/h1-4,6,8-11H,5,7,12H2,(H,29,31). The van der Waals surface area contributed by atoms with Crippen molar-refractivity contribution in [1.29, 1.82) is 0 Å². The summed E-state index contributed by atoms with van der Waals surface area (Å²) in [5, 5.41) is 2.66. The quantitative estimate of drug-likeness (QED) is 0.467. The van der Waals surface area contributed by atoms with Gasteiger partial charge in [-0.15, -0.1) is 0 Å². The van der Waals surface area contributed by atoms with Gasteiger partial charge in [0.15, 0.2) is 0 Å². The molecule has 31 heavy (non-hydrogen) atoms. The highest BCUT2D eigenvalue weighted by Gasteiger charge is 2.32. The minimum absolute atomic E-state index is 0.0898. The van der Waals surface area contributed by atoms with E-state index in [0.29, 0.717) is 36.3 Å². The van der Waals surface area contributed by atoms with Crippen molar-refractivity contribution >= 4 is 34.9 Å². The fourth-order valence-corrected chi connectivity index (χ4v) is 4.18. The zero-order valence-corrected chi connectivity index (χ0v) is 17.5. The summed E-state index contributed by atoms with van der Waals surface area (Å²) < 4.78 is 39.0. The van der Waals surface area contributed by atoms with Gasteiger partial charge < -0.3 is 10.2 Å². The summed E-state index contributed by atoms with van der Waals surface area (Å²) in [6.45, 7) is 0.841. The molecule has 4 rings (SSSR count). The highest BCUT2D eigenvalue weighted by atomic mass is 35.5. The van der Waals surface area contributed by atoms with Crippen molar-refractivity contribution in [3.05, 3.63) is 81.6 Å². The number of alkyl halides is 3. The van der Waals surface area contributed by atoms with Crippen molar-refractivity contribution < 1.29 is 18.0 Å². The van der Waals surface area contributed by atoms with Crippen LogP contribution in [0.3, 0.4) is 0 Å². The minimum atomic E-state index is -4.54. The first-order valence-electron chi connectivity index (χ1n) is 9.37. The molecule has 9 heteroatoms. The Balaban J connectivity index is 1.60. The van der Waals surface area contributed by atoms with Crippen molar-refractivity contribution in [1.82, 2.24) is 9.88 Å². The third-order valence-electron chi connectivity index (χ3n) is 5.05. The van der Waals surface area contributed by atoms with Crippen LogP contribution in [-0.2, 0) is 19.1 Å². The van der Waals surface area contributed by atoms with Gasteiger partial charge in [0, 0.05) is 36.7 Å². The van der Waals surface area contributed by atoms with E-state index in [1.54, 1.807) is 35.5 Å². The number of fused-ring (bicyclic) bond motifs is 1. The molecule has 1 aliphatic heterocycles. The van der Waals surface area contributed by atoms with E-state index in [1.807, 2.05) is 12.1 Å². The Labute approximate surface area is 186 Å². The van der Waals surface area contributed by atoms with E-state index >= 15 is 0 Å². The minimum Gasteiger partial charge on any atom is -0.320 e. The number of pyridine rings is 1. The number of anilines is 1. The number of benzene rings is 2. The lowest BCUT2D eigenvalue weighted by Crippen LogP contribution is -2.39. The first kappa shape index (κ1) is 21.5. The van der Waals surface area contributed by atoms with Gasteiger partial charge in [-0.25, -0.2) is 4.79 Å². The number of carbonyl (C=O) groups excluding carboxylic acids is 1. The molecule has 0 unspecified atom stereocenters. The van der Waals surface area contributed by atoms with Gasteiger partial charge in [-0.2, -0.15) is 13.2 Å². The maximum absolute atomic E-state index is 13.0. The van der Waals surface area contributed by atoms with E-state index < -0.39 is 11.7 Å². The molecule has 0 spiro atoms. The Morgan fingerprint density at radius 2 is 1.84 bits per heavy atom. The Bertz CT molecular complexity index is 1110. The van der Waals surface area contributed by atoms with Gasteiger partial charge in [-0.1, -0.05) is 35.3 Å². The van der Waals surface area contributed by atoms with Gasteiger partial charge in [-0.3, -0.25) is 4.98 Å². The predicted molar refractivity (Wildman–Crippen MR) is 114 cm³/mol. The molecule has 0 bridgehead atoms. The zero-order valence-electron chi connectivity index (χ0n) is 16.0. The summed E-state index contributed by atoms with van der Waals surface area (Å²) in [6, 6.07) is 10.5. The van der Waals surface area contributed by atoms with Gasteiger partial charge in [0.1, 0.15) is 0 Å². The average Bonchev–Trinajstić information content (AvgIpc) is 2.72. The molecular formula is C22H16Cl2F3N3O. The molecule has 2 aromatic carbocycles. The topological polar surface area (TPSA) is 45.2 Å². The van der Waals surface area contributed by atoms with Crippen LogP contribution in [-0.4, -0.2) is 22.5 Å². The molecule has 1 N–H and O–H groups in total. The second-order valence-corrected chi connectivity index (χ2v) is 7.96. The van der Waals surface area contributed by atoms with E-state index in [1.165, 1.54) is 0 Å². The maximum Gasteiger partial charge on any atom is 0.416 e. The highest BCUT2D eigenvalue weighted by molar-refractivity contribution is 6.39. The smallest absolute Gasteiger partial charge is 0.320 e. The number of halogens is 5. The zero-order chi connectivity index (χ0) is 22.2. The van der Waals surface area contributed by atoms with Gasteiger partial charge >= 0.3 is 12.2 Å². The van der Waals surface area contributed by atoms with Gasteiger partial charge in [0.2, 0.25) is 0 Å². The Kier molecular flexibility index (Phi) is 5.81. The van der Waals surface area contributed by atoms with Gasteiger partial charge in [0.05, 0.1) is 15.6 Å². The van der Waals surface area contributed by atoms with Crippen LogP contribution < -0.4 is 5.32 Å². The molecule has 0 atom stereocenters. The summed E-state index contributed by atoms with van der Waals surface area (Å²) in [4.78, 5) is 18.2. The number of aromatic nitrogens is 1. The lowest BCUT2D eigenvalue weighted by Gasteiger charge is -2.30. The van der Waals surface area contributed by atoms with Gasteiger partial charge in [-0.05, 0) is 53.4 Å². The molecule has 0 fully saturated rings. The second-order valence-electron chi connectivity index (χ2n) is 7.15. The average molecular weight is 466 g/mol. The number of rotatable bonds is 4. The largest absolute Gasteiger partial charge is 0.416 e. The molecule has 3 aromatic rings. The van der Waals surface area contributed by atoms with Crippen molar-refractivity contribution in [3.63, 3.8) is 0 Å². The lowest BCUT2D eigenvalue weighted by molar-refractivity contribution is -0.137. The van der Waals surface area contributed by atoms with Crippen molar-refractivity contribution in [2.24, 2.45) is 0 Å². The summed E-state index contributed by atoms with van der Waals surface area (Å²) in [5.41, 5.74) is 2.46. The van der Waals surface area contributed by atoms with Crippen molar-refractivity contribution in [2.45, 2.75) is 19.1 Å². The SMILES string of the molecule is O=C1Nc2ccc(-c3c(Cl)cc(C(F)(F)F)cc3Cl)cc2CN1CCc1cccnc1. The summed E-state index contributed by atoms with van der Waals surface area (Å²) in [5.74, 6) is 0. The van der Waals surface area contributed by atoms with E-state index in [0.717, 1.165) is 23.3 Å². The van der Waals surface area contributed by atoms with E-state index in [-0.39, 0.29) is 16.1 Å². The number of nitrogens with one attached hydrogen (secondary N) is 1. The van der Waals surface area contributed by atoms with Crippen LogP contribution in [0.1, 0.15) is 16.7 Å². The van der Waals surface area contributed by atoms with E-state index in [2.05, 4.69) is 10.3 Å². The first-order valence-corrected chi connectivity index (χ1v) is 10.1. The molecule has 1 aromatic heterocycles. The number of urea groups is 1. The van der Waals surface area contributed by atoms with E-state index in [9.17, 15) is 18.0 Å². The molecule has 0 saturated heterocycles. The van der Waals surface area contributed by atoms with Crippen LogP contribution in [0.4, 0.5) is 23.7 Å². The number of nitrogens with zero attached hydrogens (tertiary/aromatic N) is 2. The fraction of sp³-hybridized carbons (Fsp3) is 0.182. The van der Waals surface area contributed by atoms with Crippen LogP contribution in [0.5, 0.6) is 0 Å². The maximum atomic E-state index is 13.0. The normalized spacial score (nSPS) is 13.7. The number of hydrogen-bond donors (Lipinski definition) is 1. The number of amides is 2.